The van der Waals surface area contributed by atoms with E-state index in [9.17, 15) is 9.59 Å². The molecule has 1 aromatic rings. The van der Waals surface area contributed by atoms with Crippen molar-refractivity contribution in [2.24, 2.45) is 0 Å². The maximum atomic E-state index is 11.1. The number of hydrogen-bond acceptors (Lipinski definition) is 4. The summed E-state index contributed by atoms with van der Waals surface area (Å²) in [5.74, 6) is -0.458. The lowest BCUT2D eigenvalue weighted by Gasteiger charge is -1.98. The van der Waals surface area contributed by atoms with Crippen molar-refractivity contribution >= 4 is 45.3 Å². The van der Waals surface area contributed by atoms with E-state index in [1.165, 1.54) is 18.4 Å². The number of esters is 1. The van der Waals surface area contributed by atoms with Crippen LogP contribution in [0.5, 0.6) is 0 Å². The summed E-state index contributed by atoms with van der Waals surface area (Å²) in [7, 11) is 1.29. The average molecular weight is 264 g/mol. The van der Waals surface area contributed by atoms with Crippen molar-refractivity contribution in [2.45, 2.75) is 0 Å². The van der Waals surface area contributed by atoms with Crippen molar-refractivity contribution in [3.8, 4) is 0 Å². The predicted molar refractivity (Wildman–Crippen MR) is 53.0 cm³/mol. The number of carbonyl (C=O) groups excluding carboxylic acids is 2. The molecular formula is C7H6BrNO3S. The number of carbonyl (C=O) groups is 2. The molecule has 70 valence electrons. The topological polar surface area (TPSA) is 55.4 Å². The van der Waals surface area contributed by atoms with Crippen LogP contribution in [0.3, 0.4) is 0 Å². The number of methoxy groups -OCH3 is 1. The zero-order valence-corrected chi connectivity index (χ0v) is 9.07. The lowest BCUT2D eigenvalue weighted by Crippen LogP contribution is -2.03. The highest BCUT2D eigenvalue weighted by atomic mass is 79.9. The molecule has 0 aromatic carbocycles. The van der Waals surface area contributed by atoms with Crippen LogP contribution >= 0.6 is 27.3 Å². The first kappa shape index (κ1) is 10.2. The molecular weight excluding hydrogens is 258 g/mol. The fourth-order valence-electron chi connectivity index (χ4n) is 0.776. The molecule has 0 radical (unpaired) electrons. The zero-order chi connectivity index (χ0) is 9.84. The molecule has 0 atom stereocenters. The highest BCUT2D eigenvalue weighted by molar-refractivity contribution is 9.11. The van der Waals surface area contributed by atoms with Gasteiger partial charge in [-0.25, -0.2) is 4.79 Å². The van der Waals surface area contributed by atoms with Crippen LogP contribution in [0.4, 0.5) is 5.69 Å². The van der Waals surface area contributed by atoms with Gasteiger partial charge in [0.2, 0.25) is 6.41 Å². The normalized spacial score (nSPS) is 9.38. The van der Waals surface area contributed by atoms with Gasteiger partial charge in [-0.05, 0) is 22.0 Å². The second-order valence-electron chi connectivity index (χ2n) is 2.05. The Bertz CT molecular complexity index is 336. The van der Waals surface area contributed by atoms with Crippen LogP contribution in [0, 0.1) is 0 Å². The molecule has 1 amide bonds. The second kappa shape index (κ2) is 4.38. The van der Waals surface area contributed by atoms with E-state index in [1.54, 1.807) is 6.07 Å². The third-order valence-corrected chi connectivity index (χ3v) is 2.91. The number of nitrogens with one attached hydrogen (secondary N) is 1. The van der Waals surface area contributed by atoms with E-state index >= 15 is 0 Å². The van der Waals surface area contributed by atoms with Gasteiger partial charge in [0.1, 0.15) is 4.88 Å². The molecule has 0 unspecified atom stereocenters. The third-order valence-electron chi connectivity index (χ3n) is 1.29. The van der Waals surface area contributed by atoms with Gasteiger partial charge in [0.25, 0.3) is 0 Å². The first-order valence-electron chi connectivity index (χ1n) is 3.27. The minimum atomic E-state index is -0.458. The quantitative estimate of drug-likeness (QED) is 0.669. The van der Waals surface area contributed by atoms with E-state index in [2.05, 4.69) is 26.0 Å². The number of thiophene rings is 1. The van der Waals surface area contributed by atoms with Crippen molar-refractivity contribution in [1.29, 1.82) is 0 Å². The molecule has 1 aromatic heterocycles. The summed E-state index contributed by atoms with van der Waals surface area (Å²) in [5, 5.41) is 2.41. The summed E-state index contributed by atoms with van der Waals surface area (Å²) in [6.07, 6.45) is 0.515. The van der Waals surface area contributed by atoms with Gasteiger partial charge >= 0.3 is 5.97 Å². The molecule has 1 heterocycles. The summed E-state index contributed by atoms with van der Waals surface area (Å²) < 4.78 is 5.29. The Kier molecular flexibility index (Phi) is 3.44. The summed E-state index contributed by atoms with van der Waals surface area (Å²) in [4.78, 5) is 21.7. The van der Waals surface area contributed by atoms with Crippen LogP contribution < -0.4 is 5.32 Å². The van der Waals surface area contributed by atoms with Crippen molar-refractivity contribution in [3.05, 3.63) is 14.7 Å². The van der Waals surface area contributed by atoms with Gasteiger partial charge in [-0.15, -0.1) is 11.3 Å². The SMILES string of the molecule is COC(=O)c1sc(Br)cc1NC=O. The Morgan fingerprint density at radius 1 is 1.77 bits per heavy atom. The molecule has 6 heteroatoms. The minimum absolute atomic E-state index is 0.376. The van der Waals surface area contributed by atoms with Gasteiger partial charge in [0, 0.05) is 0 Å². The summed E-state index contributed by atoms with van der Waals surface area (Å²) in [6, 6.07) is 1.64. The van der Waals surface area contributed by atoms with Crippen LogP contribution in [-0.2, 0) is 9.53 Å². The van der Waals surface area contributed by atoms with Gasteiger partial charge in [0.05, 0.1) is 16.6 Å². The Morgan fingerprint density at radius 2 is 2.46 bits per heavy atom. The van der Waals surface area contributed by atoms with Crippen molar-refractivity contribution < 1.29 is 14.3 Å². The van der Waals surface area contributed by atoms with Gasteiger partial charge < -0.3 is 10.1 Å². The monoisotopic (exact) mass is 263 g/mol. The van der Waals surface area contributed by atoms with Crippen LogP contribution in [0.15, 0.2) is 9.85 Å². The third kappa shape index (κ3) is 2.28. The molecule has 0 aliphatic rings. The van der Waals surface area contributed by atoms with E-state index in [4.69, 9.17) is 0 Å². The molecule has 13 heavy (non-hydrogen) atoms. The molecule has 0 saturated carbocycles. The highest BCUT2D eigenvalue weighted by Gasteiger charge is 2.15. The first-order chi connectivity index (χ1) is 6.19. The Hall–Kier alpha value is -0.880. The molecule has 1 rings (SSSR count). The van der Waals surface area contributed by atoms with E-state index < -0.39 is 5.97 Å². The highest BCUT2D eigenvalue weighted by Crippen LogP contribution is 2.31. The standard InChI is InChI=1S/C7H6BrNO3S/c1-12-7(11)6-4(9-3-10)2-5(8)13-6/h2-3H,1H3,(H,9,10). The molecule has 4 nitrogen and oxygen atoms in total. The number of anilines is 1. The van der Waals surface area contributed by atoms with E-state index in [0.29, 0.717) is 17.0 Å². The smallest absolute Gasteiger partial charge is 0.350 e. The van der Waals surface area contributed by atoms with Crippen molar-refractivity contribution in [3.63, 3.8) is 0 Å². The number of rotatable bonds is 3. The Morgan fingerprint density at radius 3 is 3.00 bits per heavy atom. The van der Waals surface area contributed by atoms with Crippen LogP contribution in [0.25, 0.3) is 0 Å². The molecule has 0 bridgehead atoms. The molecule has 0 spiro atoms. The van der Waals surface area contributed by atoms with E-state index in [-0.39, 0.29) is 0 Å². The maximum Gasteiger partial charge on any atom is 0.350 e. The van der Waals surface area contributed by atoms with Crippen molar-refractivity contribution in [1.82, 2.24) is 0 Å². The van der Waals surface area contributed by atoms with Gasteiger partial charge in [-0.1, -0.05) is 0 Å². The lowest BCUT2D eigenvalue weighted by atomic mass is 10.4. The van der Waals surface area contributed by atoms with Crippen molar-refractivity contribution in [2.75, 3.05) is 12.4 Å². The largest absolute Gasteiger partial charge is 0.465 e. The lowest BCUT2D eigenvalue weighted by molar-refractivity contribution is -0.105. The maximum absolute atomic E-state index is 11.1. The second-order valence-corrected chi connectivity index (χ2v) is 4.48. The summed E-state index contributed by atoms with van der Waals surface area (Å²) in [5.41, 5.74) is 0.457. The van der Waals surface area contributed by atoms with Crippen LogP contribution in [-0.4, -0.2) is 19.5 Å². The van der Waals surface area contributed by atoms with E-state index in [0.717, 1.165) is 3.79 Å². The fourth-order valence-corrected chi connectivity index (χ4v) is 2.26. The van der Waals surface area contributed by atoms with Gasteiger partial charge in [0.15, 0.2) is 0 Å². The number of ether oxygens (including phenoxy) is 1. The summed E-state index contributed by atoms with van der Waals surface area (Å²) >= 11 is 4.41. The fraction of sp³-hybridized carbons (Fsp3) is 0.143. The molecule has 0 saturated heterocycles. The van der Waals surface area contributed by atoms with Crippen LogP contribution in [0.1, 0.15) is 9.67 Å². The number of amides is 1. The minimum Gasteiger partial charge on any atom is -0.465 e. The summed E-state index contributed by atoms with van der Waals surface area (Å²) in [6.45, 7) is 0. The van der Waals surface area contributed by atoms with Gasteiger partial charge in [-0.3, -0.25) is 4.79 Å². The molecule has 0 aliphatic carbocycles. The Balaban J connectivity index is 3.03. The Labute approximate surface area is 87.0 Å². The van der Waals surface area contributed by atoms with Gasteiger partial charge in [-0.2, -0.15) is 0 Å². The van der Waals surface area contributed by atoms with E-state index in [1.807, 2.05) is 0 Å². The average Bonchev–Trinajstić information content (AvgIpc) is 2.46. The zero-order valence-electron chi connectivity index (χ0n) is 6.67. The van der Waals surface area contributed by atoms with Crippen LogP contribution in [0.2, 0.25) is 0 Å². The number of halogens is 1. The predicted octanol–water partition coefficient (Wildman–Crippen LogP) is 1.87. The first-order valence-corrected chi connectivity index (χ1v) is 4.87. The molecule has 0 aliphatic heterocycles. The molecule has 0 fully saturated rings. The molecule has 1 N–H and O–H groups in total. The number of hydrogen-bond donors (Lipinski definition) is 1.